The van der Waals surface area contributed by atoms with Crippen LogP contribution in [0, 0.1) is 5.82 Å². The second kappa shape index (κ2) is 10.1. The van der Waals surface area contributed by atoms with Crippen molar-refractivity contribution in [2.24, 2.45) is 17.2 Å². The first-order chi connectivity index (χ1) is 14.1. The van der Waals surface area contributed by atoms with Gasteiger partial charge in [-0.3, -0.25) is 4.79 Å². The van der Waals surface area contributed by atoms with Gasteiger partial charge in [-0.05, 0) is 43.3 Å². The van der Waals surface area contributed by atoms with E-state index in [1.165, 1.54) is 13.2 Å². The second-order valence-electron chi connectivity index (χ2n) is 6.12. The van der Waals surface area contributed by atoms with Crippen molar-refractivity contribution >= 4 is 34.8 Å². The van der Waals surface area contributed by atoms with Crippen LogP contribution in [0.2, 0.25) is 10.0 Å². The average Bonchev–Trinajstić information content (AvgIpc) is 2.70. The van der Waals surface area contributed by atoms with Gasteiger partial charge in [0.15, 0.2) is 5.76 Å². The van der Waals surface area contributed by atoms with Gasteiger partial charge in [0.2, 0.25) is 0 Å². The highest BCUT2D eigenvalue weighted by Gasteiger charge is 2.20. The fourth-order valence-corrected chi connectivity index (χ4v) is 3.11. The van der Waals surface area contributed by atoms with Gasteiger partial charge in [0.1, 0.15) is 29.2 Å². The molecule has 1 amide bonds. The van der Waals surface area contributed by atoms with Gasteiger partial charge in [0.25, 0.3) is 5.91 Å². The number of methoxy groups -OCH3 is 1. The summed E-state index contributed by atoms with van der Waals surface area (Å²) in [5.74, 6) is -0.981. The van der Waals surface area contributed by atoms with Crippen molar-refractivity contribution in [3.05, 3.63) is 81.2 Å². The number of nitrogens with one attached hydrogen (secondary N) is 1. The molecule has 30 heavy (non-hydrogen) atoms. The first-order valence-corrected chi connectivity index (χ1v) is 9.37. The van der Waals surface area contributed by atoms with Crippen molar-refractivity contribution in [2.45, 2.75) is 13.0 Å². The third-order valence-corrected chi connectivity index (χ3v) is 4.68. The number of carbonyl (C=O) groups is 1. The van der Waals surface area contributed by atoms with Crippen molar-refractivity contribution in [2.75, 3.05) is 12.4 Å². The van der Waals surface area contributed by atoms with Crippen molar-refractivity contribution < 1.29 is 18.7 Å². The zero-order valence-electron chi connectivity index (χ0n) is 16.2. The number of hydrogen-bond acceptors (Lipinski definition) is 6. The van der Waals surface area contributed by atoms with Gasteiger partial charge < -0.3 is 32.0 Å². The highest BCUT2D eigenvalue weighted by atomic mass is 35.5. The molecule has 0 aliphatic rings. The van der Waals surface area contributed by atoms with Crippen LogP contribution in [-0.2, 0) is 9.53 Å². The normalized spacial score (nSPS) is 12.1. The maximum Gasteiger partial charge on any atom is 0.271 e. The summed E-state index contributed by atoms with van der Waals surface area (Å²) in [5.41, 5.74) is 17.6. The van der Waals surface area contributed by atoms with E-state index >= 15 is 0 Å². The molecule has 7 nitrogen and oxygen atoms in total. The monoisotopic (exact) mass is 454 g/mol. The molecular weight excluding hydrogens is 434 g/mol. The van der Waals surface area contributed by atoms with Crippen molar-refractivity contribution in [3.63, 3.8) is 0 Å². The summed E-state index contributed by atoms with van der Waals surface area (Å²) >= 11 is 12.1. The Morgan fingerprint density at radius 1 is 1.13 bits per heavy atom. The van der Waals surface area contributed by atoms with Crippen LogP contribution >= 0.6 is 23.2 Å². The van der Waals surface area contributed by atoms with Crippen molar-refractivity contribution in [1.29, 1.82) is 0 Å². The van der Waals surface area contributed by atoms with Crippen LogP contribution in [0.25, 0.3) is 0 Å². The van der Waals surface area contributed by atoms with Gasteiger partial charge in [-0.2, -0.15) is 0 Å². The predicted octanol–water partition coefficient (Wildman–Crippen LogP) is 3.79. The number of amides is 1. The van der Waals surface area contributed by atoms with Crippen LogP contribution < -0.4 is 27.3 Å². The molecule has 0 aliphatic heterocycles. The predicted molar refractivity (Wildman–Crippen MR) is 115 cm³/mol. The molecule has 0 saturated carbocycles. The third-order valence-electron chi connectivity index (χ3n) is 3.97. The van der Waals surface area contributed by atoms with E-state index in [1.807, 2.05) is 0 Å². The van der Waals surface area contributed by atoms with Crippen LogP contribution in [0.1, 0.15) is 18.6 Å². The minimum atomic E-state index is -0.841. The third kappa shape index (κ3) is 5.71. The Labute approximate surface area is 183 Å². The SMILES string of the molecule is COc1ccc(NC(=O)/C(N)=C/C(OC(C)c2c(Cl)ccc(F)c2Cl)=C(N)N)cc1. The van der Waals surface area contributed by atoms with Gasteiger partial charge in [0, 0.05) is 22.3 Å². The number of carbonyl (C=O) groups excluding carboxylic acids is 1. The number of anilines is 1. The molecule has 0 fully saturated rings. The molecule has 0 spiro atoms. The number of ether oxygens (including phenoxy) is 2. The number of halogens is 3. The van der Waals surface area contributed by atoms with E-state index in [0.29, 0.717) is 11.4 Å². The topological polar surface area (TPSA) is 126 Å². The van der Waals surface area contributed by atoms with Crippen LogP contribution in [0.3, 0.4) is 0 Å². The molecule has 0 heterocycles. The summed E-state index contributed by atoms with van der Waals surface area (Å²) in [5, 5.41) is 2.61. The molecule has 2 aromatic carbocycles. The van der Waals surface area contributed by atoms with Gasteiger partial charge >= 0.3 is 0 Å². The van der Waals surface area contributed by atoms with Gasteiger partial charge in [-0.1, -0.05) is 23.2 Å². The number of hydrogen-bond donors (Lipinski definition) is 4. The van der Waals surface area contributed by atoms with Crippen LogP contribution in [0.4, 0.5) is 10.1 Å². The molecule has 1 unspecified atom stereocenters. The van der Waals surface area contributed by atoms with E-state index in [-0.39, 0.29) is 32.9 Å². The lowest BCUT2D eigenvalue weighted by Crippen LogP contribution is -2.22. The van der Waals surface area contributed by atoms with E-state index in [9.17, 15) is 9.18 Å². The fourth-order valence-electron chi connectivity index (χ4n) is 2.43. The maximum absolute atomic E-state index is 13.8. The molecule has 0 radical (unpaired) electrons. The lowest BCUT2D eigenvalue weighted by atomic mass is 10.1. The van der Waals surface area contributed by atoms with Gasteiger partial charge in [0.05, 0.1) is 12.1 Å². The lowest BCUT2D eigenvalue weighted by molar-refractivity contribution is -0.112. The Hall–Kier alpha value is -3.10. The molecule has 1 atom stereocenters. The minimum Gasteiger partial charge on any atom is -0.497 e. The summed E-state index contributed by atoms with van der Waals surface area (Å²) in [6, 6.07) is 9.12. The first kappa shape index (κ1) is 23.2. The van der Waals surface area contributed by atoms with Crippen LogP contribution in [-0.4, -0.2) is 13.0 Å². The van der Waals surface area contributed by atoms with E-state index in [4.69, 9.17) is 49.9 Å². The highest BCUT2D eigenvalue weighted by molar-refractivity contribution is 6.36. The molecule has 10 heteroatoms. The van der Waals surface area contributed by atoms with Crippen molar-refractivity contribution in [3.8, 4) is 5.75 Å². The zero-order chi connectivity index (χ0) is 22.4. The molecule has 2 aromatic rings. The molecule has 7 N–H and O–H groups in total. The second-order valence-corrected chi connectivity index (χ2v) is 6.90. The Kier molecular flexibility index (Phi) is 7.79. The van der Waals surface area contributed by atoms with Gasteiger partial charge in [-0.15, -0.1) is 0 Å². The number of benzene rings is 2. The minimum absolute atomic E-state index is 0.0960. The molecule has 0 saturated heterocycles. The molecule has 0 aliphatic carbocycles. The molecule has 160 valence electrons. The highest BCUT2D eigenvalue weighted by Crippen LogP contribution is 2.35. The molecular formula is C20H21Cl2FN4O3. The smallest absolute Gasteiger partial charge is 0.271 e. The number of nitrogens with two attached hydrogens (primary N) is 3. The number of rotatable bonds is 7. The van der Waals surface area contributed by atoms with Gasteiger partial charge in [-0.25, -0.2) is 4.39 Å². The largest absolute Gasteiger partial charge is 0.497 e. The summed E-state index contributed by atoms with van der Waals surface area (Å²) in [6.07, 6.45) is 0.317. The molecule has 2 rings (SSSR count). The molecule has 0 bridgehead atoms. The first-order valence-electron chi connectivity index (χ1n) is 8.61. The summed E-state index contributed by atoms with van der Waals surface area (Å²) < 4.78 is 24.5. The standard InChI is InChI=1S/C20H21Cl2FN4O3/c1-10(17-13(21)7-8-14(23)18(17)22)30-16(19(25)26)9-15(24)20(28)27-11-3-5-12(29-2)6-4-11/h3-10H,24-26H2,1-2H3,(H,27,28)/b15-9-. The van der Waals surface area contributed by atoms with E-state index < -0.39 is 17.8 Å². The Morgan fingerprint density at radius 3 is 2.33 bits per heavy atom. The summed E-state index contributed by atoms with van der Waals surface area (Å²) in [7, 11) is 1.53. The maximum atomic E-state index is 13.8. The lowest BCUT2D eigenvalue weighted by Gasteiger charge is -2.19. The molecule has 0 aromatic heterocycles. The average molecular weight is 455 g/mol. The summed E-state index contributed by atoms with van der Waals surface area (Å²) in [6.45, 7) is 1.57. The van der Waals surface area contributed by atoms with E-state index in [0.717, 1.165) is 12.1 Å². The Balaban J connectivity index is 2.19. The quantitative estimate of drug-likeness (QED) is 0.218. The summed E-state index contributed by atoms with van der Waals surface area (Å²) in [4.78, 5) is 12.3. The Bertz CT molecular complexity index is 990. The zero-order valence-corrected chi connectivity index (χ0v) is 17.7. The fraction of sp³-hybridized carbons (Fsp3) is 0.150. The van der Waals surface area contributed by atoms with E-state index in [1.54, 1.807) is 31.2 Å². The Morgan fingerprint density at radius 2 is 1.77 bits per heavy atom. The number of allylic oxidation sites excluding steroid dienone is 1. The van der Waals surface area contributed by atoms with Crippen molar-refractivity contribution in [1.82, 2.24) is 0 Å². The van der Waals surface area contributed by atoms with Crippen LogP contribution in [0.5, 0.6) is 5.75 Å². The van der Waals surface area contributed by atoms with E-state index in [2.05, 4.69) is 5.32 Å². The van der Waals surface area contributed by atoms with Crippen LogP contribution in [0.15, 0.2) is 59.8 Å².